The van der Waals surface area contributed by atoms with Gasteiger partial charge in [0.1, 0.15) is 5.01 Å². The molecule has 1 aromatic rings. The van der Waals surface area contributed by atoms with Crippen molar-refractivity contribution in [2.24, 2.45) is 5.73 Å². The minimum absolute atomic E-state index is 0.111. The van der Waals surface area contributed by atoms with Crippen molar-refractivity contribution < 1.29 is 0 Å². The van der Waals surface area contributed by atoms with Crippen molar-refractivity contribution in [2.75, 3.05) is 14.1 Å². The number of hydrogen-bond acceptors (Lipinski definition) is 4. The van der Waals surface area contributed by atoms with Crippen LogP contribution in [0.15, 0.2) is 0 Å². The Kier molecular flexibility index (Phi) is 4.70. The second kappa shape index (κ2) is 5.58. The second-order valence-electron chi connectivity index (χ2n) is 4.20. The van der Waals surface area contributed by atoms with E-state index in [0.29, 0.717) is 0 Å². The van der Waals surface area contributed by atoms with Crippen molar-refractivity contribution in [2.45, 2.75) is 39.3 Å². The van der Waals surface area contributed by atoms with Crippen molar-refractivity contribution in [1.29, 1.82) is 0 Å². The van der Waals surface area contributed by atoms with E-state index < -0.39 is 0 Å². The number of thiazole rings is 1. The molecule has 0 aliphatic heterocycles. The Morgan fingerprint density at radius 1 is 1.47 bits per heavy atom. The molecule has 0 aliphatic rings. The molecule has 0 spiro atoms. The number of nitrogens with zero attached hydrogens (tertiary/aromatic N) is 2. The summed E-state index contributed by atoms with van der Waals surface area (Å²) in [6.45, 7) is 5.12. The Morgan fingerprint density at radius 2 is 2.13 bits per heavy atom. The molecule has 1 aromatic heterocycles. The van der Waals surface area contributed by atoms with Gasteiger partial charge >= 0.3 is 0 Å². The van der Waals surface area contributed by atoms with Crippen LogP contribution in [0.1, 0.15) is 41.9 Å². The summed E-state index contributed by atoms with van der Waals surface area (Å²) in [7, 11) is 4.12. The Balaban J connectivity index is 2.88. The van der Waals surface area contributed by atoms with Gasteiger partial charge < -0.3 is 10.6 Å². The van der Waals surface area contributed by atoms with E-state index in [1.54, 1.807) is 11.3 Å². The predicted molar refractivity (Wildman–Crippen MR) is 66.1 cm³/mol. The summed E-state index contributed by atoms with van der Waals surface area (Å²) in [5, 5.41) is 1.18. The van der Waals surface area contributed by atoms with E-state index in [-0.39, 0.29) is 6.04 Å². The minimum Gasteiger partial charge on any atom is -0.323 e. The summed E-state index contributed by atoms with van der Waals surface area (Å²) in [5.74, 6) is 0. The van der Waals surface area contributed by atoms with E-state index in [1.165, 1.54) is 15.6 Å². The first kappa shape index (κ1) is 12.6. The number of hydrogen-bond donors (Lipinski definition) is 1. The number of aromatic nitrogens is 1. The third kappa shape index (κ3) is 3.55. The molecule has 1 atom stereocenters. The molecule has 1 unspecified atom stereocenters. The van der Waals surface area contributed by atoms with Gasteiger partial charge in [-0.3, -0.25) is 0 Å². The van der Waals surface area contributed by atoms with Crippen LogP contribution in [0.5, 0.6) is 0 Å². The zero-order valence-electron chi connectivity index (χ0n) is 10.1. The predicted octanol–water partition coefficient (Wildman–Crippen LogP) is 2.18. The number of rotatable bonds is 5. The summed E-state index contributed by atoms with van der Waals surface area (Å²) in [6.07, 6.45) is 2.17. The van der Waals surface area contributed by atoms with Crippen LogP contribution in [0, 0.1) is 0 Å². The van der Waals surface area contributed by atoms with Crippen molar-refractivity contribution >= 4 is 11.3 Å². The first-order valence-corrected chi connectivity index (χ1v) is 6.25. The van der Waals surface area contributed by atoms with E-state index in [9.17, 15) is 0 Å². The van der Waals surface area contributed by atoms with Crippen molar-refractivity contribution in [1.82, 2.24) is 9.88 Å². The molecule has 0 amide bonds. The van der Waals surface area contributed by atoms with Gasteiger partial charge in [0.2, 0.25) is 0 Å². The lowest BCUT2D eigenvalue weighted by Crippen LogP contribution is -2.10. The van der Waals surface area contributed by atoms with Gasteiger partial charge in [0.05, 0.1) is 5.69 Å². The highest BCUT2D eigenvalue weighted by atomic mass is 32.1. The van der Waals surface area contributed by atoms with E-state index in [2.05, 4.69) is 30.9 Å². The number of aryl methyl sites for hydroxylation is 1. The van der Waals surface area contributed by atoms with E-state index in [4.69, 9.17) is 5.73 Å². The van der Waals surface area contributed by atoms with E-state index in [0.717, 1.165) is 19.4 Å². The standard InChI is InChI=1S/C11H21N3S/c1-5-6-9-11(8(2)12)15-10(13-9)7-14(3)4/h8H,5-7,12H2,1-4H3. The van der Waals surface area contributed by atoms with Gasteiger partial charge in [0.25, 0.3) is 0 Å². The second-order valence-corrected chi connectivity index (χ2v) is 5.31. The maximum absolute atomic E-state index is 5.95. The fourth-order valence-electron chi connectivity index (χ4n) is 1.52. The molecule has 0 radical (unpaired) electrons. The van der Waals surface area contributed by atoms with E-state index >= 15 is 0 Å². The van der Waals surface area contributed by atoms with Crippen molar-refractivity contribution in [3.8, 4) is 0 Å². The van der Waals surface area contributed by atoms with Gasteiger partial charge in [-0.1, -0.05) is 13.3 Å². The maximum atomic E-state index is 5.95. The first-order chi connectivity index (χ1) is 7.04. The zero-order valence-corrected chi connectivity index (χ0v) is 10.9. The van der Waals surface area contributed by atoms with Crippen molar-refractivity contribution in [3.05, 3.63) is 15.6 Å². The molecule has 0 fully saturated rings. The molecule has 0 aromatic carbocycles. The van der Waals surface area contributed by atoms with Crippen LogP contribution in [-0.4, -0.2) is 24.0 Å². The maximum Gasteiger partial charge on any atom is 0.107 e. The highest BCUT2D eigenvalue weighted by Crippen LogP contribution is 2.25. The Labute approximate surface area is 96.3 Å². The van der Waals surface area contributed by atoms with Gasteiger partial charge in [-0.05, 0) is 27.4 Å². The fourth-order valence-corrected chi connectivity index (χ4v) is 2.71. The monoisotopic (exact) mass is 227 g/mol. The van der Waals surface area contributed by atoms with Crippen LogP contribution in [0.3, 0.4) is 0 Å². The molecule has 1 heterocycles. The molecule has 0 saturated heterocycles. The molecule has 0 saturated carbocycles. The summed E-state index contributed by atoms with van der Waals surface area (Å²) >= 11 is 1.76. The van der Waals surface area contributed by atoms with Gasteiger partial charge in [-0.15, -0.1) is 11.3 Å². The molecule has 1 rings (SSSR count). The Bertz CT molecular complexity index is 305. The average Bonchev–Trinajstić information content (AvgIpc) is 2.47. The van der Waals surface area contributed by atoms with Gasteiger partial charge in [0, 0.05) is 17.5 Å². The van der Waals surface area contributed by atoms with E-state index in [1.807, 2.05) is 6.92 Å². The topological polar surface area (TPSA) is 42.2 Å². The Hall–Kier alpha value is -0.450. The molecule has 0 bridgehead atoms. The molecule has 3 nitrogen and oxygen atoms in total. The van der Waals surface area contributed by atoms with Gasteiger partial charge in [-0.2, -0.15) is 0 Å². The molecule has 4 heteroatoms. The lowest BCUT2D eigenvalue weighted by molar-refractivity contribution is 0.401. The van der Waals surface area contributed by atoms with Gasteiger partial charge in [0.15, 0.2) is 0 Å². The lowest BCUT2D eigenvalue weighted by atomic mass is 10.2. The zero-order chi connectivity index (χ0) is 11.4. The SMILES string of the molecule is CCCc1nc(CN(C)C)sc1C(C)N. The van der Waals surface area contributed by atoms with Crippen LogP contribution < -0.4 is 5.73 Å². The summed E-state index contributed by atoms with van der Waals surface area (Å²) in [4.78, 5) is 8.05. The molecule has 15 heavy (non-hydrogen) atoms. The van der Waals surface area contributed by atoms with Crippen LogP contribution in [0.2, 0.25) is 0 Å². The highest BCUT2D eigenvalue weighted by Gasteiger charge is 2.13. The molecular weight excluding hydrogens is 206 g/mol. The van der Waals surface area contributed by atoms with Crippen molar-refractivity contribution in [3.63, 3.8) is 0 Å². The highest BCUT2D eigenvalue weighted by molar-refractivity contribution is 7.11. The smallest absolute Gasteiger partial charge is 0.107 e. The van der Waals surface area contributed by atoms with Gasteiger partial charge in [-0.25, -0.2) is 4.98 Å². The average molecular weight is 227 g/mol. The normalized spacial score (nSPS) is 13.5. The molecule has 86 valence electrons. The van der Waals surface area contributed by atoms with Crippen LogP contribution in [0.4, 0.5) is 0 Å². The lowest BCUT2D eigenvalue weighted by Gasteiger charge is -2.05. The fraction of sp³-hybridized carbons (Fsp3) is 0.727. The first-order valence-electron chi connectivity index (χ1n) is 5.43. The molecule has 2 N–H and O–H groups in total. The summed E-state index contributed by atoms with van der Waals surface area (Å²) in [6, 6.07) is 0.111. The van der Waals surface area contributed by atoms with Crippen LogP contribution in [0.25, 0.3) is 0 Å². The number of nitrogens with two attached hydrogens (primary N) is 1. The third-order valence-electron chi connectivity index (χ3n) is 2.12. The third-order valence-corrected chi connectivity index (χ3v) is 3.41. The van der Waals surface area contributed by atoms with Crippen LogP contribution in [-0.2, 0) is 13.0 Å². The summed E-state index contributed by atoms with van der Waals surface area (Å²) < 4.78 is 0. The molecular formula is C11H21N3S. The van der Waals surface area contributed by atoms with Crippen LogP contribution >= 0.6 is 11.3 Å². The Morgan fingerprint density at radius 3 is 2.60 bits per heavy atom. The molecule has 0 aliphatic carbocycles. The minimum atomic E-state index is 0.111. The quantitative estimate of drug-likeness (QED) is 0.838. The summed E-state index contributed by atoms with van der Waals surface area (Å²) in [5.41, 5.74) is 7.15. The largest absolute Gasteiger partial charge is 0.323 e.